The highest BCUT2D eigenvalue weighted by molar-refractivity contribution is 5.84. The maximum atomic E-state index is 12.3. The van der Waals surface area contributed by atoms with E-state index in [0.29, 0.717) is 11.8 Å². The molecule has 1 amide bonds. The molecule has 0 aromatic carbocycles. The molecule has 1 heterocycles. The third-order valence-electron chi connectivity index (χ3n) is 4.15. The molecule has 98 valence electrons. The van der Waals surface area contributed by atoms with Crippen LogP contribution in [-0.4, -0.2) is 29.6 Å². The zero-order chi connectivity index (χ0) is 12.6. The fraction of sp³-hybridized carbons (Fsp3) is 0.929. The smallest absolute Gasteiger partial charge is 0.241 e. The number of carbonyl (C=O) groups is 1. The second kappa shape index (κ2) is 4.97. The maximum absolute atomic E-state index is 12.3. The summed E-state index contributed by atoms with van der Waals surface area (Å²) in [6, 6.07) is 0.0639. The van der Waals surface area contributed by atoms with Gasteiger partial charge < -0.3 is 4.90 Å². The van der Waals surface area contributed by atoms with Gasteiger partial charge in [0, 0.05) is 6.54 Å². The van der Waals surface area contributed by atoms with Crippen molar-refractivity contribution in [3.05, 3.63) is 0 Å². The first-order chi connectivity index (χ1) is 8.02. The first-order valence-corrected chi connectivity index (χ1v) is 7.09. The highest BCUT2D eigenvalue weighted by Crippen LogP contribution is 2.39. The molecule has 4 unspecified atom stereocenters. The molecule has 17 heavy (non-hydrogen) atoms. The summed E-state index contributed by atoms with van der Waals surface area (Å²) >= 11 is 0. The van der Waals surface area contributed by atoms with Crippen LogP contribution in [0.1, 0.15) is 47.0 Å². The van der Waals surface area contributed by atoms with E-state index in [1.165, 1.54) is 6.42 Å². The van der Waals surface area contributed by atoms with Gasteiger partial charge in [-0.3, -0.25) is 10.1 Å². The minimum Gasteiger partial charge on any atom is -0.326 e. The van der Waals surface area contributed by atoms with Crippen molar-refractivity contribution in [1.82, 2.24) is 10.2 Å². The number of nitrogens with zero attached hydrogens (tertiary/aromatic N) is 1. The lowest BCUT2D eigenvalue weighted by atomic mass is 10.0. The normalized spacial score (nSPS) is 37.0. The molecule has 1 N–H and O–H groups in total. The molecule has 0 radical (unpaired) electrons. The number of rotatable bonds is 5. The van der Waals surface area contributed by atoms with Crippen LogP contribution in [0.25, 0.3) is 0 Å². The van der Waals surface area contributed by atoms with E-state index < -0.39 is 0 Å². The number of nitrogens with one attached hydrogen (secondary N) is 1. The van der Waals surface area contributed by atoms with Crippen LogP contribution in [0, 0.1) is 17.8 Å². The average molecular weight is 238 g/mol. The molecule has 0 aromatic heterocycles. The fourth-order valence-corrected chi connectivity index (χ4v) is 2.85. The molecule has 2 fully saturated rings. The Hall–Kier alpha value is -0.570. The maximum Gasteiger partial charge on any atom is 0.241 e. The SMILES string of the molecule is CCC1NC(CC(C)C)C(=O)N1CC1CC1C. The van der Waals surface area contributed by atoms with Gasteiger partial charge in [0.25, 0.3) is 0 Å². The van der Waals surface area contributed by atoms with Crippen molar-refractivity contribution < 1.29 is 4.79 Å². The Morgan fingerprint density at radius 3 is 2.59 bits per heavy atom. The molecule has 1 saturated heterocycles. The Kier molecular flexibility index (Phi) is 3.76. The molecule has 0 spiro atoms. The predicted octanol–water partition coefficient (Wildman–Crippen LogP) is 2.22. The van der Waals surface area contributed by atoms with Gasteiger partial charge in [-0.1, -0.05) is 27.7 Å². The minimum atomic E-state index is 0.0639. The topological polar surface area (TPSA) is 32.3 Å². The lowest BCUT2D eigenvalue weighted by Gasteiger charge is -2.23. The Balaban J connectivity index is 1.95. The van der Waals surface area contributed by atoms with Crippen LogP contribution in [0.3, 0.4) is 0 Å². The van der Waals surface area contributed by atoms with Crippen LogP contribution < -0.4 is 5.32 Å². The molecular weight excluding hydrogens is 212 g/mol. The summed E-state index contributed by atoms with van der Waals surface area (Å²) in [5, 5.41) is 3.50. The second-order valence-corrected chi connectivity index (χ2v) is 6.24. The van der Waals surface area contributed by atoms with Gasteiger partial charge in [-0.2, -0.15) is 0 Å². The van der Waals surface area contributed by atoms with Crippen molar-refractivity contribution in [1.29, 1.82) is 0 Å². The zero-order valence-corrected chi connectivity index (χ0v) is 11.6. The Labute approximate surface area is 105 Å². The van der Waals surface area contributed by atoms with Crippen molar-refractivity contribution in [3.63, 3.8) is 0 Å². The van der Waals surface area contributed by atoms with Gasteiger partial charge in [0.05, 0.1) is 12.2 Å². The van der Waals surface area contributed by atoms with Gasteiger partial charge in [-0.25, -0.2) is 0 Å². The molecule has 2 aliphatic rings. The molecule has 3 nitrogen and oxygen atoms in total. The summed E-state index contributed by atoms with van der Waals surface area (Å²) in [5.41, 5.74) is 0. The van der Waals surface area contributed by atoms with Gasteiger partial charge in [0.1, 0.15) is 0 Å². The standard InChI is InChI=1S/C14H26N2O/c1-5-13-15-12(6-9(2)3)14(17)16(13)8-11-7-10(11)4/h9-13,15H,5-8H2,1-4H3. The largest absolute Gasteiger partial charge is 0.326 e. The third kappa shape index (κ3) is 2.82. The summed E-state index contributed by atoms with van der Waals surface area (Å²) < 4.78 is 0. The molecule has 1 aliphatic heterocycles. The molecule has 1 aliphatic carbocycles. The third-order valence-corrected chi connectivity index (χ3v) is 4.15. The number of carbonyl (C=O) groups excluding carboxylic acids is 1. The molecule has 0 bridgehead atoms. The van der Waals surface area contributed by atoms with Crippen molar-refractivity contribution in [2.24, 2.45) is 17.8 Å². The molecule has 1 saturated carbocycles. The fourth-order valence-electron chi connectivity index (χ4n) is 2.85. The lowest BCUT2D eigenvalue weighted by Crippen LogP contribution is -2.38. The monoisotopic (exact) mass is 238 g/mol. The van der Waals surface area contributed by atoms with E-state index in [4.69, 9.17) is 0 Å². The van der Waals surface area contributed by atoms with E-state index >= 15 is 0 Å². The van der Waals surface area contributed by atoms with Crippen molar-refractivity contribution in [2.45, 2.75) is 59.2 Å². The molecule has 4 atom stereocenters. The minimum absolute atomic E-state index is 0.0639. The predicted molar refractivity (Wildman–Crippen MR) is 69.4 cm³/mol. The molecule has 2 rings (SSSR count). The van der Waals surface area contributed by atoms with Crippen LogP contribution in [0.15, 0.2) is 0 Å². The molecule has 0 aromatic rings. The summed E-state index contributed by atoms with van der Waals surface area (Å²) in [4.78, 5) is 14.4. The van der Waals surface area contributed by atoms with E-state index in [9.17, 15) is 4.79 Å². The highest BCUT2D eigenvalue weighted by atomic mass is 16.2. The van der Waals surface area contributed by atoms with Gasteiger partial charge in [-0.15, -0.1) is 0 Å². The van der Waals surface area contributed by atoms with E-state index in [2.05, 4.69) is 37.9 Å². The number of hydrogen-bond donors (Lipinski definition) is 1. The van der Waals surface area contributed by atoms with Crippen LogP contribution >= 0.6 is 0 Å². The van der Waals surface area contributed by atoms with Gasteiger partial charge in [0.2, 0.25) is 5.91 Å². The number of amides is 1. The van der Waals surface area contributed by atoms with Crippen LogP contribution in [0.4, 0.5) is 0 Å². The van der Waals surface area contributed by atoms with E-state index in [-0.39, 0.29) is 12.2 Å². The van der Waals surface area contributed by atoms with Crippen LogP contribution in [-0.2, 0) is 4.79 Å². The lowest BCUT2D eigenvalue weighted by molar-refractivity contribution is -0.130. The first-order valence-electron chi connectivity index (χ1n) is 7.09. The summed E-state index contributed by atoms with van der Waals surface area (Å²) in [5.74, 6) is 2.50. The van der Waals surface area contributed by atoms with Crippen molar-refractivity contribution in [2.75, 3.05) is 6.54 Å². The zero-order valence-electron chi connectivity index (χ0n) is 11.6. The van der Waals surface area contributed by atoms with E-state index in [1.807, 2.05) is 0 Å². The molecule has 3 heteroatoms. The highest BCUT2D eigenvalue weighted by Gasteiger charge is 2.42. The van der Waals surface area contributed by atoms with Crippen molar-refractivity contribution in [3.8, 4) is 0 Å². The van der Waals surface area contributed by atoms with Crippen LogP contribution in [0.5, 0.6) is 0 Å². The van der Waals surface area contributed by atoms with Crippen molar-refractivity contribution >= 4 is 5.91 Å². The quantitative estimate of drug-likeness (QED) is 0.796. The summed E-state index contributed by atoms with van der Waals surface area (Å²) in [7, 11) is 0. The Morgan fingerprint density at radius 1 is 1.47 bits per heavy atom. The first kappa shape index (κ1) is 12.9. The Bertz CT molecular complexity index is 290. The van der Waals surface area contributed by atoms with E-state index in [1.54, 1.807) is 0 Å². The number of hydrogen-bond acceptors (Lipinski definition) is 2. The summed E-state index contributed by atoms with van der Waals surface area (Å²) in [6.07, 6.45) is 3.56. The second-order valence-electron chi connectivity index (χ2n) is 6.24. The van der Waals surface area contributed by atoms with Crippen LogP contribution in [0.2, 0.25) is 0 Å². The molecular formula is C14H26N2O. The van der Waals surface area contributed by atoms with Gasteiger partial charge in [0.15, 0.2) is 0 Å². The average Bonchev–Trinajstić information content (AvgIpc) is 2.88. The summed E-state index contributed by atoms with van der Waals surface area (Å²) in [6.45, 7) is 9.78. The Morgan fingerprint density at radius 2 is 2.12 bits per heavy atom. The van der Waals surface area contributed by atoms with E-state index in [0.717, 1.165) is 31.2 Å². The van der Waals surface area contributed by atoms with Gasteiger partial charge >= 0.3 is 0 Å². The van der Waals surface area contributed by atoms with Gasteiger partial charge in [-0.05, 0) is 37.0 Å².